The normalized spacial score (nSPS) is 11.7. The van der Waals surface area contributed by atoms with Gasteiger partial charge in [0.15, 0.2) is 0 Å². The van der Waals surface area contributed by atoms with Crippen LogP contribution in [0, 0.1) is 0 Å². The first kappa shape index (κ1) is 15.7. The average molecular weight is 373 g/mol. The Morgan fingerprint density at radius 3 is 2.61 bits per heavy atom. The molecule has 3 aromatic rings. The molecule has 0 amide bonds. The van der Waals surface area contributed by atoms with Gasteiger partial charge in [-0.05, 0) is 61.0 Å². The largest absolute Gasteiger partial charge is 0.351 e. The smallest absolute Gasteiger partial charge is 0.267 e. The Balaban J connectivity index is 2.38. The van der Waals surface area contributed by atoms with Crippen molar-refractivity contribution in [3.63, 3.8) is 0 Å². The van der Waals surface area contributed by atoms with E-state index in [4.69, 9.17) is 0 Å². The van der Waals surface area contributed by atoms with Crippen LogP contribution < -0.4 is 10.9 Å². The zero-order valence-electron chi connectivity index (χ0n) is 13.2. The van der Waals surface area contributed by atoms with E-state index in [0.717, 1.165) is 4.47 Å². The SMILES string of the molecule is CC(C)(C)Nc1nc2c(Br)cccc2c(=O)n1-c1cccnc1. The van der Waals surface area contributed by atoms with Crippen LogP contribution in [0.25, 0.3) is 16.6 Å². The molecule has 1 N–H and O–H groups in total. The molecule has 0 aliphatic rings. The van der Waals surface area contributed by atoms with Crippen LogP contribution in [0.3, 0.4) is 0 Å². The molecule has 0 saturated carbocycles. The highest BCUT2D eigenvalue weighted by molar-refractivity contribution is 9.10. The number of benzene rings is 1. The lowest BCUT2D eigenvalue weighted by molar-refractivity contribution is 0.621. The third kappa shape index (κ3) is 3.12. The summed E-state index contributed by atoms with van der Waals surface area (Å²) in [6, 6.07) is 9.13. The molecule has 2 aromatic heterocycles. The number of hydrogen-bond acceptors (Lipinski definition) is 4. The van der Waals surface area contributed by atoms with Crippen molar-refractivity contribution in [3.8, 4) is 5.69 Å². The molecule has 0 saturated heterocycles. The van der Waals surface area contributed by atoms with Gasteiger partial charge in [0.1, 0.15) is 0 Å². The number of rotatable bonds is 2. The molecule has 0 fully saturated rings. The monoisotopic (exact) mass is 372 g/mol. The van der Waals surface area contributed by atoms with Crippen LogP contribution in [0.2, 0.25) is 0 Å². The maximum absolute atomic E-state index is 13.0. The van der Waals surface area contributed by atoms with Gasteiger partial charge in [-0.15, -0.1) is 0 Å². The van der Waals surface area contributed by atoms with E-state index >= 15 is 0 Å². The minimum atomic E-state index is -0.238. The molecule has 0 atom stereocenters. The number of nitrogens with one attached hydrogen (secondary N) is 1. The van der Waals surface area contributed by atoms with Gasteiger partial charge in [-0.2, -0.15) is 0 Å². The van der Waals surface area contributed by atoms with Crippen molar-refractivity contribution in [2.45, 2.75) is 26.3 Å². The van der Waals surface area contributed by atoms with Crippen molar-refractivity contribution in [2.75, 3.05) is 5.32 Å². The van der Waals surface area contributed by atoms with Crippen LogP contribution in [-0.2, 0) is 0 Å². The summed E-state index contributed by atoms with van der Waals surface area (Å²) in [4.78, 5) is 21.8. The Bertz CT molecular complexity index is 914. The number of hydrogen-bond donors (Lipinski definition) is 1. The van der Waals surface area contributed by atoms with Crippen LogP contribution in [0.15, 0.2) is 52.0 Å². The summed E-state index contributed by atoms with van der Waals surface area (Å²) < 4.78 is 2.36. The maximum Gasteiger partial charge on any atom is 0.267 e. The summed E-state index contributed by atoms with van der Waals surface area (Å²) in [5, 5.41) is 3.87. The van der Waals surface area contributed by atoms with Gasteiger partial charge >= 0.3 is 0 Å². The van der Waals surface area contributed by atoms with Crippen molar-refractivity contribution in [1.82, 2.24) is 14.5 Å². The molecule has 5 nitrogen and oxygen atoms in total. The first-order valence-corrected chi connectivity index (χ1v) is 8.06. The number of nitrogens with zero attached hydrogens (tertiary/aromatic N) is 3. The fourth-order valence-electron chi connectivity index (χ4n) is 2.32. The third-order valence-electron chi connectivity index (χ3n) is 3.24. The van der Waals surface area contributed by atoms with E-state index in [2.05, 4.69) is 31.2 Å². The van der Waals surface area contributed by atoms with Crippen molar-refractivity contribution < 1.29 is 0 Å². The second-order valence-corrected chi connectivity index (χ2v) is 7.15. The maximum atomic E-state index is 13.0. The molecular weight excluding hydrogens is 356 g/mol. The molecule has 1 aromatic carbocycles. The standard InChI is InChI=1S/C17H17BrN4O/c1-17(2,3)21-16-20-14-12(7-4-8-13(14)18)15(23)22(16)11-6-5-9-19-10-11/h4-10H,1-3H3,(H,20,21). The fourth-order valence-corrected chi connectivity index (χ4v) is 2.77. The summed E-state index contributed by atoms with van der Waals surface area (Å²) in [6.45, 7) is 6.07. The van der Waals surface area contributed by atoms with Crippen molar-refractivity contribution in [3.05, 3.63) is 57.6 Å². The topological polar surface area (TPSA) is 59.8 Å². The number of anilines is 1. The first-order chi connectivity index (χ1) is 10.9. The summed E-state index contributed by atoms with van der Waals surface area (Å²) >= 11 is 3.47. The average Bonchev–Trinajstić information content (AvgIpc) is 2.48. The van der Waals surface area contributed by atoms with Gasteiger partial charge in [0.2, 0.25) is 5.95 Å². The van der Waals surface area contributed by atoms with Crippen LogP contribution in [0.4, 0.5) is 5.95 Å². The van der Waals surface area contributed by atoms with Crippen molar-refractivity contribution in [1.29, 1.82) is 0 Å². The number of halogens is 1. The van der Waals surface area contributed by atoms with E-state index in [1.54, 1.807) is 29.1 Å². The Morgan fingerprint density at radius 2 is 1.96 bits per heavy atom. The molecule has 0 aliphatic carbocycles. The molecule has 23 heavy (non-hydrogen) atoms. The summed E-state index contributed by atoms with van der Waals surface area (Å²) in [5.74, 6) is 0.495. The first-order valence-electron chi connectivity index (χ1n) is 7.27. The Kier molecular flexibility index (Phi) is 3.93. The molecule has 2 heterocycles. The predicted octanol–water partition coefficient (Wildman–Crippen LogP) is 3.75. The molecule has 0 bridgehead atoms. The quantitative estimate of drug-likeness (QED) is 0.743. The molecular formula is C17H17BrN4O. The van der Waals surface area contributed by atoms with Crippen LogP contribution in [0.5, 0.6) is 0 Å². The zero-order chi connectivity index (χ0) is 16.6. The summed E-state index contributed by atoms with van der Waals surface area (Å²) in [5.41, 5.74) is 0.956. The highest BCUT2D eigenvalue weighted by Gasteiger charge is 2.18. The van der Waals surface area contributed by atoms with Crippen LogP contribution >= 0.6 is 15.9 Å². The molecule has 3 rings (SSSR count). The van der Waals surface area contributed by atoms with Crippen molar-refractivity contribution in [2.24, 2.45) is 0 Å². The van der Waals surface area contributed by atoms with Gasteiger partial charge < -0.3 is 5.32 Å². The predicted molar refractivity (Wildman–Crippen MR) is 96.2 cm³/mol. The molecule has 6 heteroatoms. The van der Waals surface area contributed by atoms with Gasteiger partial charge in [0, 0.05) is 16.2 Å². The zero-order valence-corrected chi connectivity index (χ0v) is 14.8. The number of aromatic nitrogens is 3. The van der Waals surface area contributed by atoms with E-state index in [-0.39, 0.29) is 11.1 Å². The lowest BCUT2D eigenvalue weighted by Crippen LogP contribution is -2.32. The number of para-hydroxylation sites is 1. The number of fused-ring (bicyclic) bond motifs is 1. The Morgan fingerprint density at radius 1 is 1.17 bits per heavy atom. The summed E-state index contributed by atoms with van der Waals surface area (Å²) in [6.07, 6.45) is 3.33. The van der Waals surface area contributed by atoms with Gasteiger partial charge in [0.05, 0.1) is 22.8 Å². The van der Waals surface area contributed by atoms with E-state index < -0.39 is 0 Å². The van der Waals surface area contributed by atoms with Gasteiger partial charge in [0.25, 0.3) is 5.56 Å². The fraction of sp³-hybridized carbons (Fsp3) is 0.235. The second-order valence-electron chi connectivity index (χ2n) is 6.30. The summed E-state index contributed by atoms with van der Waals surface area (Å²) in [7, 11) is 0. The van der Waals surface area contributed by atoms with Crippen LogP contribution in [0.1, 0.15) is 20.8 Å². The number of pyridine rings is 1. The minimum absolute atomic E-state index is 0.129. The van der Waals surface area contributed by atoms with E-state index in [0.29, 0.717) is 22.5 Å². The molecule has 0 spiro atoms. The second kappa shape index (κ2) is 5.77. The highest BCUT2D eigenvalue weighted by atomic mass is 79.9. The molecule has 0 radical (unpaired) electrons. The van der Waals surface area contributed by atoms with Crippen molar-refractivity contribution >= 4 is 32.8 Å². The van der Waals surface area contributed by atoms with E-state index in [1.165, 1.54) is 0 Å². The van der Waals surface area contributed by atoms with E-state index in [1.807, 2.05) is 39.0 Å². The molecule has 118 valence electrons. The minimum Gasteiger partial charge on any atom is -0.351 e. The van der Waals surface area contributed by atoms with Gasteiger partial charge in [-0.3, -0.25) is 9.78 Å². The lowest BCUT2D eigenvalue weighted by atomic mass is 10.1. The Labute approximate surface area is 142 Å². The van der Waals surface area contributed by atoms with Gasteiger partial charge in [-0.1, -0.05) is 6.07 Å². The lowest BCUT2D eigenvalue weighted by Gasteiger charge is -2.24. The third-order valence-corrected chi connectivity index (χ3v) is 3.88. The Hall–Kier alpha value is -2.21. The van der Waals surface area contributed by atoms with E-state index in [9.17, 15) is 4.79 Å². The van der Waals surface area contributed by atoms with Crippen LogP contribution in [-0.4, -0.2) is 20.1 Å². The molecule has 0 aliphatic heterocycles. The highest BCUT2D eigenvalue weighted by Crippen LogP contribution is 2.24. The molecule has 0 unspecified atom stereocenters. The van der Waals surface area contributed by atoms with Gasteiger partial charge in [-0.25, -0.2) is 9.55 Å².